The van der Waals surface area contributed by atoms with Crippen molar-refractivity contribution in [3.63, 3.8) is 0 Å². The van der Waals surface area contributed by atoms with Gasteiger partial charge in [0, 0.05) is 23.6 Å². The number of nitrogens with one attached hydrogen (secondary N) is 1. The van der Waals surface area contributed by atoms with E-state index in [4.69, 9.17) is 5.11 Å². The molecule has 22 heavy (non-hydrogen) atoms. The molecule has 0 fully saturated rings. The SMILES string of the molecule is CCC(C)(CCO)NC(=O)/C=C/c1ccc2ccccc2n1. The Bertz CT molecular complexity index is 682. The number of nitrogens with zero attached hydrogens (tertiary/aromatic N) is 1. The Morgan fingerprint density at radius 2 is 2.09 bits per heavy atom. The summed E-state index contributed by atoms with van der Waals surface area (Å²) in [6.07, 6.45) is 4.50. The fourth-order valence-electron chi connectivity index (χ4n) is 2.25. The van der Waals surface area contributed by atoms with E-state index >= 15 is 0 Å². The van der Waals surface area contributed by atoms with Gasteiger partial charge in [-0.3, -0.25) is 4.79 Å². The number of hydrogen-bond donors (Lipinski definition) is 2. The van der Waals surface area contributed by atoms with Crippen LogP contribution in [-0.4, -0.2) is 28.1 Å². The minimum absolute atomic E-state index is 0.0561. The number of aliphatic hydroxyl groups excluding tert-OH is 1. The van der Waals surface area contributed by atoms with Crippen LogP contribution in [0.5, 0.6) is 0 Å². The van der Waals surface area contributed by atoms with Crippen molar-refractivity contribution in [3.05, 3.63) is 48.2 Å². The standard InChI is InChI=1S/C18H22N2O2/c1-3-18(2,12-13-21)20-17(22)11-10-15-9-8-14-6-4-5-7-16(14)19-15/h4-11,21H,3,12-13H2,1-2H3,(H,20,22)/b11-10+. The number of pyridine rings is 1. The van der Waals surface area contributed by atoms with Crippen molar-refractivity contribution in [2.75, 3.05) is 6.61 Å². The van der Waals surface area contributed by atoms with Crippen molar-refractivity contribution >= 4 is 22.9 Å². The van der Waals surface area contributed by atoms with E-state index < -0.39 is 0 Å². The van der Waals surface area contributed by atoms with Gasteiger partial charge in [-0.15, -0.1) is 0 Å². The van der Waals surface area contributed by atoms with Gasteiger partial charge in [0.25, 0.3) is 0 Å². The maximum Gasteiger partial charge on any atom is 0.244 e. The highest BCUT2D eigenvalue weighted by Crippen LogP contribution is 2.14. The first kappa shape index (κ1) is 16.2. The zero-order valence-electron chi connectivity index (χ0n) is 13.0. The minimum Gasteiger partial charge on any atom is -0.396 e. The van der Waals surface area contributed by atoms with Crippen LogP contribution in [0.1, 0.15) is 32.4 Å². The Balaban J connectivity index is 2.07. The largest absolute Gasteiger partial charge is 0.396 e. The number of rotatable bonds is 6. The summed E-state index contributed by atoms with van der Waals surface area (Å²) in [6.45, 7) is 3.98. The van der Waals surface area contributed by atoms with Gasteiger partial charge in [-0.1, -0.05) is 31.2 Å². The summed E-state index contributed by atoms with van der Waals surface area (Å²) in [4.78, 5) is 16.5. The average molecular weight is 298 g/mol. The fraction of sp³-hybridized carbons (Fsp3) is 0.333. The predicted octanol–water partition coefficient (Wildman–Crippen LogP) is 2.92. The first-order valence-electron chi connectivity index (χ1n) is 7.53. The number of para-hydroxylation sites is 1. The van der Waals surface area contributed by atoms with E-state index in [0.717, 1.165) is 23.0 Å². The Kier molecular flexibility index (Phi) is 5.28. The zero-order chi connectivity index (χ0) is 16.0. The van der Waals surface area contributed by atoms with Crippen LogP contribution >= 0.6 is 0 Å². The maximum absolute atomic E-state index is 12.0. The van der Waals surface area contributed by atoms with Crippen LogP contribution in [-0.2, 0) is 4.79 Å². The van der Waals surface area contributed by atoms with Gasteiger partial charge in [0.15, 0.2) is 0 Å². The number of aromatic nitrogens is 1. The molecule has 1 amide bonds. The lowest BCUT2D eigenvalue weighted by atomic mass is 9.95. The van der Waals surface area contributed by atoms with Crippen molar-refractivity contribution in [1.29, 1.82) is 0 Å². The molecule has 1 aromatic carbocycles. The Labute approximate surface area is 130 Å². The third-order valence-corrected chi connectivity index (χ3v) is 3.89. The van der Waals surface area contributed by atoms with E-state index in [2.05, 4.69) is 10.3 Å². The number of fused-ring (bicyclic) bond motifs is 1. The molecule has 1 heterocycles. The van der Waals surface area contributed by atoms with E-state index in [9.17, 15) is 4.79 Å². The van der Waals surface area contributed by atoms with Crippen LogP contribution < -0.4 is 5.32 Å². The molecular weight excluding hydrogens is 276 g/mol. The fourth-order valence-corrected chi connectivity index (χ4v) is 2.25. The molecule has 0 aliphatic rings. The van der Waals surface area contributed by atoms with Gasteiger partial charge >= 0.3 is 0 Å². The van der Waals surface area contributed by atoms with Gasteiger partial charge in [0.05, 0.1) is 11.2 Å². The highest BCUT2D eigenvalue weighted by molar-refractivity contribution is 5.92. The van der Waals surface area contributed by atoms with Crippen molar-refractivity contribution in [3.8, 4) is 0 Å². The highest BCUT2D eigenvalue weighted by Gasteiger charge is 2.22. The van der Waals surface area contributed by atoms with Crippen LogP contribution in [0.4, 0.5) is 0 Å². The summed E-state index contributed by atoms with van der Waals surface area (Å²) in [7, 11) is 0. The van der Waals surface area contributed by atoms with Crippen LogP contribution in [0.2, 0.25) is 0 Å². The lowest BCUT2D eigenvalue weighted by molar-refractivity contribution is -0.118. The van der Waals surface area contributed by atoms with E-state index in [-0.39, 0.29) is 18.1 Å². The molecule has 1 unspecified atom stereocenters. The molecule has 4 heteroatoms. The van der Waals surface area contributed by atoms with E-state index in [0.29, 0.717) is 6.42 Å². The minimum atomic E-state index is -0.382. The van der Waals surface area contributed by atoms with Crippen molar-refractivity contribution in [2.45, 2.75) is 32.2 Å². The van der Waals surface area contributed by atoms with Crippen molar-refractivity contribution in [1.82, 2.24) is 10.3 Å². The van der Waals surface area contributed by atoms with Gasteiger partial charge in [-0.25, -0.2) is 4.98 Å². The van der Waals surface area contributed by atoms with Gasteiger partial charge < -0.3 is 10.4 Å². The molecule has 1 atom stereocenters. The second kappa shape index (κ2) is 7.18. The zero-order valence-corrected chi connectivity index (χ0v) is 13.0. The topological polar surface area (TPSA) is 62.2 Å². The lowest BCUT2D eigenvalue weighted by Gasteiger charge is -2.28. The van der Waals surface area contributed by atoms with Crippen molar-refractivity contribution in [2.24, 2.45) is 0 Å². The molecule has 0 aliphatic carbocycles. The van der Waals surface area contributed by atoms with Gasteiger partial charge in [-0.2, -0.15) is 0 Å². The number of amides is 1. The quantitative estimate of drug-likeness (QED) is 0.806. The van der Waals surface area contributed by atoms with Gasteiger partial charge in [0.2, 0.25) is 5.91 Å². The summed E-state index contributed by atoms with van der Waals surface area (Å²) in [5, 5.41) is 13.1. The molecule has 0 bridgehead atoms. The Hall–Kier alpha value is -2.20. The molecule has 2 N–H and O–H groups in total. The summed E-state index contributed by atoms with van der Waals surface area (Å²) in [5.74, 6) is -0.173. The second-order valence-corrected chi connectivity index (χ2v) is 5.64. The van der Waals surface area contributed by atoms with E-state index in [1.54, 1.807) is 6.08 Å². The van der Waals surface area contributed by atoms with Crippen LogP contribution in [0, 0.1) is 0 Å². The van der Waals surface area contributed by atoms with Crippen molar-refractivity contribution < 1.29 is 9.90 Å². The number of hydrogen-bond acceptors (Lipinski definition) is 3. The summed E-state index contributed by atoms with van der Waals surface area (Å²) < 4.78 is 0. The molecule has 116 valence electrons. The second-order valence-electron chi connectivity index (χ2n) is 5.64. The molecule has 0 saturated carbocycles. The van der Waals surface area contributed by atoms with Gasteiger partial charge in [0.1, 0.15) is 0 Å². The van der Waals surface area contributed by atoms with Crippen LogP contribution in [0.3, 0.4) is 0 Å². The highest BCUT2D eigenvalue weighted by atomic mass is 16.3. The van der Waals surface area contributed by atoms with E-state index in [1.165, 1.54) is 6.08 Å². The van der Waals surface area contributed by atoms with E-state index in [1.807, 2.05) is 50.2 Å². The molecule has 0 aliphatic heterocycles. The first-order valence-corrected chi connectivity index (χ1v) is 7.53. The normalized spacial score (nSPS) is 14.1. The molecule has 2 rings (SSSR count). The molecule has 4 nitrogen and oxygen atoms in total. The molecular formula is C18H22N2O2. The lowest BCUT2D eigenvalue weighted by Crippen LogP contribution is -2.45. The van der Waals surface area contributed by atoms with Crippen LogP contribution in [0.15, 0.2) is 42.5 Å². The monoisotopic (exact) mass is 298 g/mol. The summed E-state index contributed by atoms with van der Waals surface area (Å²) in [6, 6.07) is 11.7. The average Bonchev–Trinajstić information content (AvgIpc) is 2.53. The summed E-state index contributed by atoms with van der Waals surface area (Å²) >= 11 is 0. The Morgan fingerprint density at radius 3 is 2.82 bits per heavy atom. The first-order chi connectivity index (χ1) is 10.6. The molecule has 0 spiro atoms. The number of benzene rings is 1. The molecule has 1 aromatic heterocycles. The van der Waals surface area contributed by atoms with Crippen LogP contribution in [0.25, 0.3) is 17.0 Å². The van der Waals surface area contributed by atoms with Gasteiger partial charge in [-0.05, 0) is 38.0 Å². The Morgan fingerprint density at radius 1 is 1.32 bits per heavy atom. The molecule has 0 radical (unpaired) electrons. The predicted molar refractivity (Wildman–Crippen MR) is 89.3 cm³/mol. The number of carbonyl (C=O) groups excluding carboxylic acids is 1. The smallest absolute Gasteiger partial charge is 0.244 e. The maximum atomic E-state index is 12.0. The number of aliphatic hydroxyl groups is 1. The number of carbonyl (C=O) groups is 1. The third-order valence-electron chi connectivity index (χ3n) is 3.89. The molecule has 0 saturated heterocycles. The molecule has 2 aromatic rings. The third kappa shape index (κ3) is 4.15. The summed E-state index contributed by atoms with van der Waals surface area (Å²) in [5.41, 5.74) is 1.27.